The van der Waals surface area contributed by atoms with Crippen LogP contribution in [-0.2, 0) is 9.47 Å². The summed E-state index contributed by atoms with van der Waals surface area (Å²) in [6, 6.07) is 0.597. The van der Waals surface area contributed by atoms with Crippen molar-refractivity contribution in [3.05, 3.63) is 0 Å². The van der Waals surface area contributed by atoms with Crippen LogP contribution in [0.5, 0.6) is 0 Å². The molecule has 0 bridgehead atoms. The van der Waals surface area contributed by atoms with Gasteiger partial charge in [0.1, 0.15) is 0 Å². The van der Waals surface area contributed by atoms with Gasteiger partial charge in [0.15, 0.2) is 0 Å². The summed E-state index contributed by atoms with van der Waals surface area (Å²) in [6.45, 7) is 0. The van der Waals surface area contributed by atoms with Crippen molar-refractivity contribution in [1.29, 1.82) is 0 Å². The Kier molecular flexibility index (Phi) is 3.83. The fourth-order valence-corrected chi connectivity index (χ4v) is 1.52. The Morgan fingerprint density at radius 2 is 1.73 bits per heavy atom. The van der Waals surface area contributed by atoms with Crippen molar-refractivity contribution in [3.8, 4) is 0 Å². The highest BCUT2D eigenvalue weighted by Gasteiger charge is 2.17. The summed E-state index contributed by atoms with van der Waals surface area (Å²) in [6.07, 6.45) is 4.94. The van der Waals surface area contributed by atoms with Crippen LogP contribution in [-0.4, -0.2) is 26.7 Å². The Bertz CT molecular complexity index is 98.3. The molecule has 11 heavy (non-hydrogen) atoms. The second kappa shape index (κ2) is 4.70. The molecule has 1 fully saturated rings. The molecule has 1 aliphatic rings. The Labute approximate surface area is 68.1 Å². The van der Waals surface area contributed by atoms with E-state index in [1.165, 1.54) is 25.7 Å². The monoisotopic (exact) mass is 159 g/mol. The third-order valence-electron chi connectivity index (χ3n) is 2.16. The van der Waals surface area contributed by atoms with Gasteiger partial charge in [-0.25, -0.2) is 0 Å². The van der Waals surface area contributed by atoms with E-state index in [-0.39, 0.29) is 6.41 Å². The van der Waals surface area contributed by atoms with Crippen molar-refractivity contribution >= 4 is 0 Å². The smallest absolute Gasteiger partial charge is 0.215 e. The molecule has 0 aromatic carbocycles. The summed E-state index contributed by atoms with van der Waals surface area (Å²) in [7, 11) is 3.30. The lowest BCUT2D eigenvalue weighted by molar-refractivity contribution is -0.128. The zero-order valence-electron chi connectivity index (χ0n) is 7.30. The van der Waals surface area contributed by atoms with Gasteiger partial charge in [0.2, 0.25) is 6.41 Å². The molecule has 0 atom stereocenters. The lowest BCUT2D eigenvalue weighted by Gasteiger charge is -2.19. The van der Waals surface area contributed by atoms with Crippen molar-refractivity contribution in [2.75, 3.05) is 14.2 Å². The molecule has 3 heteroatoms. The summed E-state index contributed by atoms with van der Waals surface area (Å²) in [5.41, 5.74) is 0. The first kappa shape index (κ1) is 8.97. The molecule has 0 aliphatic heterocycles. The van der Waals surface area contributed by atoms with E-state index in [0.29, 0.717) is 6.04 Å². The van der Waals surface area contributed by atoms with Gasteiger partial charge in [-0.2, -0.15) is 0 Å². The molecular weight excluding hydrogens is 142 g/mol. The molecule has 0 amide bonds. The summed E-state index contributed by atoms with van der Waals surface area (Å²) >= 11 is 0. The van der Waals surface area contributed by atoms with Crippen LogP contribution in [0, 0.1) is 0 Å². The maximum absolute atomic E-state index is 5.03. The van der Waals surface area contributed by atoms with Gasteiger partial charge in [-0.15, -0.1) is 0 Å². The number of hydrogen-bond acceptors (Lipinski definition) is 3. The molecule has 0 heterocycles. The van der Waals surface area contributed by atoms with Crippen LogP contribution in [0.2, 0.25) is 0 Å². The van der Waals surface area contributed by atoms with E-state index in [2.05, 4.69) is 5.32 Å². The Balaban J connectivity index is 2.16. The standard InChI is InChI=1S/C8H17NO2/c1-10-8(11-2)9-7-5-3-4-6-7/h7-9H,3-6H2,1-2H3. The lowest BCUT2D eigenvalue weighted by atomic mass is 10.3. The predicted octanol–water partition coefficient (Wildman–Crippen LogP) is 1.09. The van der Waals surface area contributed by atoms with Gasteiger partial charge in [0.25, 0.3) is 0 Å². The second-order valence-electron chi connectivity index (χ2n) is 2.95. The van der Waals surface area contributed by atoms with E-state index >= 15 is 0 Å². The van der Waals surface area contributed by atoms with Crippen LogP contribution < -0.4 is 5.32 Å². The summed E-state index contributed by atoms with van der Waals surface area (Å²) in [4.78, 5) is 0. The third kappa shape index (κ3) is 2.77. The van der Waals surface area contributed by atoms with E-state index in [1.807, 2.05) is 0 Å². The lowest BCUT2D eigenvalue weighted by Crippen LogP contribution is -2.39. The SMILES string of the molecule is COC(NC1CCCC1)OC. The molecular formula is C8H17NO2. The summed E-state index contributed by atoms with van der Waals surface area (Å²) in [5, 5.41) is 3.27. The maximum Gasteiger partial charge on any atom is 0.215 e. The van der Waals surface area contributed by atoms with E-state index < -0.39 is 0 Å². The molecule has 66 valence electrons. The normalized spacial score (nSPS) is 19.9. The van der Waals surface area contributed by atoms with Gasteiger partial charge >= 0.3 is 0 Å². The molecule has 0 aromatic rings. The first-order valence-corrected chi connectivity index (χ1v) is 4.18. The molecule has 0 saturated heterocycles. The quantitative estimate of drug-likeness (QED) is 0.623. The zero-order valence-corrected chi connectivity index (χ0v) is 7.30. The van der Waals surface area contributed by atoms with Crippen molar-refractivity contribution in [3.63, 3.8) is 0 Å². The highest BCUT2D eigenvalue weighted by molar-refractivity contribution is 4.72. The summed E-state index contributed by atoms with van der Waals surface area (Å²) < 4.78 is 10.1. The van der Waals surface area contributed by atoms with Crippen LogP contribution in [0.4, 0.5) is 0 Å². The fraction of sp³-hybridized carbons (Fsp3) is 1.00. The number of ether oxygens (including phenoxy) is 2. The van der Waals surface area contributed by atoms with Crippen molar-refractivity contribution < 1.29 is 9.47 Å². The van der Waals surface area contributed by atoms with Gasteiger partial charge < -0.3 is 9.47 Å². The topological polar surface area (TPSA) is 30.5 Å². The van der Waals surface area contributed by atoms with Gasteiger partial charge in [0.05, 0.1) is 0 Å². The molecule has 3 nitrogen and oxygen atoms in total. The average Bonchev–Trinajstić information content (AvgIpc) is 2.52. The molecule has 0 unspecified atom stereocenters. The van der Waals surface area contributed by atoms with Crippen molar-refractivity contribution in [1.82, 2.24) is 5.32 Å². The summed E-state index contributed by atoms with van der Waals surface area (Å²) in [5.74, 6) is 0. The van der Waals surface area contributed by atoms with Crippen molar-refractivity contribution in [2.45, 2.75) is 38.1 Å². The van der Waals surface area contributed by atoms with Crippen LogP contribution in [0.15, 0.2) is 0 Å². The number of rotatable bonds is 4. The molecule has 0 radical (unpaired) electrons. The van der Waals surface area contributed by atoms with Crippen LogP contribution in [0.3, 0.4) is 0 Å². The minimum Gasteiger partial charge on any atom is -0.343 e. The largest absolute Gasteiger partial charge is 0.343 e. The van der Waals surface area contributed by atoms with Gasteiger partial charge in [-0.05, 0) is 12.8 Å². The van der Waals surface area contributed by atoms with E-state index in [9.17, 15) is 0 Å². The number of nitrogens with one attached hydrogen (secondary N) is 1. The maximum atomic E-state index is 5.03. The highest BCUT2D eigenvalue weighted by atomic mass is 16.7. The minimum atomic E-state index is -0.224. The molecule has 1 aliphatic carbocycles. The van der Waals surface area contributed by atoms with E-state index in [1.54, 1.807) is 14.2 Å². The number of methoxy groups -OCH3 is 2. The molecule has 1 saturated carbocycles. The van der Waals surface area contributed by atoms with E-state index in [0.717, 1.165) is 0 Å². The van der Waals surface area contributed by atoms with E-state index in [4.69, 9.17) is 9.47 Å². The Morgan fingerprint density at radius 1 is 1.18 bits per heavy atom. The highest BCUT2D eigenvalue weighted by Crippen LogP contribution is 2.18. The van der Waals surface area contributed by atoms with Crippen LogP contribution in [0.25, 0.3) is 0 Å². The first-order valence-electron chi connectivity index (χ1n) is 4.18. The minimum absolute atomic E-state index is 0.224. The third-order valence-corrected chi connectivity index (χ3v) is 2.16. The average molecular weight is 159 g/mol. The van der Waals surface area contributed by atoms with Gasteiger partial charge in [-0.3, -0.25) is 5.32 Å². The van der Waals surface area contributed by atoms with Gasteiger partial charge in [0, 0.05) is 20.3 Å². The predicted molar refractivity (Wildman–Crippen MR) is 43.2 cm³/mol. The number of hydrogen-bond donors (Lipinski definition) is 1. The van der Waals surface area contributed by atoms with Crippen LogP contribution in [0.1, 0.15) is 25.7 Å². The fourth-order valence-electron chi connectivity index (χ4n) is 1.52. The van der Waals surface area contributed by atoms with Gasteiger partial charge in [-0.1, -0.05) is 12.8 Å². The molecule has 0 spiro atoms. The van der Waals surface area contributed by atoms with Crippen molar-refractivity contribution in [2.24, 2.45) is 0 Å². The molecule has 0 aromatic heterocycles. The van der Waals surface area contributed by atoms with Crippen LogP contribution >= 0.6 is 0 Å². The molecule has 1 rings (SSSR count). The first-order chi connectivity index (χ1) is 5.36. The Morgan fingerprint density at radius 3 is 2.18 bits per heavy atom. The molecule has 1 N–H and O–H groups in total. The second-order valence-corrected chi connectivity index (χ2v) is 2.95. The zero-order chi connectivity index (χ0) is 8.10. The Hall–Kier alpha value is -0.120.